The zero-order valence-corrected chi connectivity index (χ0v) is 14.7. The van der Waals surface area contributed by atoms with Crippen molar-refractivity contribution < 1.29 is 13.2 Å². The van der Waals surface area contributed by atoms with Crippen molar-refractivity contribution in [3.63, 3.8) is 0 Å². The normalized spacial score (nSPS) is 13.4. The molecule has 0 atom stereocenters. The number of rotatable bonds is 5. The third-order valence-electron chi connectivity index (χ3n) is 3.94. The lowest BCUT2D eigenvalue weighted by Crippen LogP contribution is -2.39. The Morgan fingerprint density at radius 2 is 2.16 bits per heavy atom. The maximum absolute atomic E-state index is 12.5. The van der Waals surface area contributed by atoms with Crippen LogP contribution in [-0.4, -0.2) is 32.5 Å². The Kier molecular flexibility index (Phi) is 4.89. The lowest BCUT2D eigenvalue weighted by Gasteiger charge is -2.18. The van der Waals surface area contributed by atoms with E-state index >= 15 is 0 Å². The number of urea groups is 1. The average molecular weight is 360 g/mol. The second-order valence-electron chi connectivity index (χ2n) is 5.77. The number of hydrogen-bond acceptors (Lipinski definition) is 4. The lowest BCUT2D eigenvalue weighted by atomic mass is 10.2. The van der Waals surface area contributed by atoms with Gasteiger partial charge in [0, 0.05) is 25.0 Å². The second-order valence-corrected chi connectivity index (χ2v) is 7.45. The molecule has 1 aromatic carbocycles. The highest BCUT2D eigenvalue weighted by Crippen LogP contribution is 2.30. The van der Waals surface area contributed by atoms with Crippen LogP contribution in [0.1, 0.15) is 18.9 Å². The summed E-state index contributed by atoms with van der Waals surface area (Å²) in [4.78, 5) is 17.9. The number of carbonyl (C=O) groups is 1. The first kappa shape index (κ1) is 17.2. The number of hydrogen-bond donors (Lipinski definition) is 2. The van der Waals surface area contributed by atoms with Gasteiger partial charge in [-0.15, -0.1) is 0 Å². The van der Waals surface area contributed by atoms with E-state index in [4.69, 9.17) is 0 Å². The van der Waals surface area contributed by atoms with E-state index in [0.717, 1.165) is 17.7 Å². The smallest absolute Gasteiger partial charge is 0.321 e. The van der Waals surface area contributed by atoms with Crippen molar-refractivity contribution in [3.05, 3.63) is 48.3 Å². The lowest BCUT2D eigenvalue weighted by molar-refractivity contribution is 0.247. The predicted molar refractivity (Wildman–Crippen MR) is 96.2 cm³/mol. The first-order valence-corrected chi connectivity index (χ1v) is 9.60. The quantitative estimate of drug-likeness (QED) is 0.856. The van der Waals surface area contributed by atoms with E-state index in [2.05, 4.69) is 15.0 Å². The zero-order valence-electron chi connectivity index (χ0n) is 13.9. The van der Waals surface area contributed by atoms with E-state index in [0.29, 0.717) is 25.2 Å². The van der Waals surface area contributed by atoms with Crippen LogP contribution in [0.25, 0.3) is 0 Å². The molecule has 2 N–H and O–H groups in total. The highest BCUT2D eigenvalue weighted by atomic mass is 32.2. The van der Waals surface area contributed by atoms with Crippen molar-refractivity contribution in [2.75, 3.05) is 22.7 Å². The molecule has 0 unspecified atom stereocenters. The largest absolute Gasteiger partial charge is 0.338 e. The number of carbonyl (C=O) groups excluding carboxylic acids is 1. The van der Waals surface area contributed by atoms with Crippen LogP contribution in [0.4, 0.5) is 16.2 Å². The van der Waals surface area contributed by atoms with Crippen molar-refractivity contribution in [2.24, 2.45) is 0 Å². The minimum atomic E-state index is -3.70. The van der Waals surface area contributed by atoms with Crippen LogP contribution in [0.3, 0.4) is 0 Å². The molecule has 0 saturated carbocycles. The summed E-state index contributed by atoms with van der Waals surface area (Å²) in [6.45, 7) is 3.15. The number of nitrogens with zero attached hydrogens (tertiary/aromatic N) is 2. The molecule has 0 spiro atoms. The molecule has 2 heterocycles. The third-order valence-corrected chi connectivity index (χ3v) is 5.32. The van der Waals surface area contributed by atoms with Crippen molar-refractivity contribution >= 4 is 27.4 Å². The number of fused-ring (bicyclic) bond motifs is 1. The molecule has 1 aliphatic rings. The van der Waals surface area contributed by atoms with E-state index in [-0.39, 0.29) is 10.9 Å². The number of amides is 2. The van der Waals surface area contributed by atoms with E-state index < -0.39 is 10.0 Å². The van der Waals surface area contributed by atoms with Crippen molar-refractivity contribution in [3.8, 4) is 0 Å². The predicted octanol–water partition coefficient (Wildman–Crippen LogP) is 2.36. The highest BCUT2D eigenvalue weighted by Gasteiger charge is 2.26. The summed E-state index contributed by atoms with van der Waals surface area (Å²) >= 11 is 0. The second kappa shape index (κ2) is 7.10. The number of nitrogens with one attached hydrogen (secondary N) is 2. The van der Waals surface area contributed by atoms with Gasteiger partial charge in [0.2, 0.25) is 0 Å². The summed E-state index contributed by atoms with van der Waals surface area (Å²) in [6, 6.07) is 7.98. The van der Waals surface area contributed by atoms with Crippen molar-refractivity contribution in [2.45, 2.75) is 24.7 Å². The molecule has 7 nitrogen and oxygen atoms in total. The van der Waals surface area contributed by atoms with Gasteiger partial charge in [0.15, 0.2) is 0 Å². The number of aromatic nitrogens is 1. The highest BCUT2D eigenvalue weighted by molar-refractivity contribution is 7.92. The maximum atomic E-state index is 12.5. The fraction of sp³-hybridized carbons (Fsp3) is 0.294. The van der Waals surface area contributed by atoms with Gasteiger partial charge in [-0.05, 0) is 48.7 Å². The monoisotopic (exact) mass is 360 g/mol. The molecule has 3 rings (SSSR count). The van der Waals surface area contributed by atoms with Gasteiger partial charge in [-0.2, -0.15) is 0 Å². The maximum Gasteiger partial charge on any atom is 0.321 e. The van der Waals surface area contributed by atoms with Crippen LogP contribution in [0.15, 0.2) is 47.6 Å². The Balaban J connectivity index is 1.81. The Labute approximate surface area is 147 Å². The van der Waals surface area contributed by atoms with E-state index in [9.17, 15) is 13.2 Å². The van der Waals surface area contributed by atoms with Gasteiger partial charge in [-0.1, -0.05) is 6.92 Å². The fourth-order valence-corrected chi connectivity index (χ4v) is 3.81. The molecular formula is C17H20N4O3S. The molecule has 0 saturated heterocycles. The molecule has 0 bridgehead atoms. The fourth-order valence-electron chi connectivity index (χ4n) is 2.72. The van der Waals surface area contributed by atoms with Crippen LogP contribution in [0.5, 0.6) is 0 Å². The van der Waals surface area contributed by atoms with Crippen LogP contribution in [0.2, 0.25) is 0 Å². The molecule has 0 radical (unpaired) electrons. The minimum absolute atomic E-state index is 0.148. The molecule has 1 aromatic heterocycles. The number of pyridine rings is 1. The minimum Gasteiger partial charge on any atom is -0.338 e. The van der Waals surface area contributed by atoms with Crippen LogP contribution >= 0.6 is 0 Å². The molecule has 1 aliphatic heterocycles. The van der Waals surface area contributed by atoms with Gasteiger partial charge < -0.3 is 5.32 Å². The summed E-state index contributed by atoms with van der Waals surface area (Å²) in [5.41, 5.74) is 2.01. The Morgan fingerprint density at radius 1 is 1.32 bits per heavy atom. The molecule has 8 heteroatoms. The van der Waals surface area contributed by atoms with E-state index in [1.165, 1.54) is 12.3 Å². The molecule has 2 amide bonds. The molecule has 2 aromatic rings. The summed E-state index contributed by atoms with van der Waals surface area (Å²) in [5.74, 6) is 0. The zero-order chi connectivity index (χ0) is 17.9. The molecular weight excluding hydrogens is 340 g/mol. The molecule has 0 aliphatic carbocycles. The van der Waals surface area contributed by atoms with Gasteiger partial charge in [0.1, 0.15) is 0 Å². The molecule has 25 heavy (non-hydrogen) atoms. The Bertz CT molecular complexity index is 869. The van der Waals surface area contributed by atoms with E-state index in [1.807, 2.05) is 6.92 Å². The summed E-state index contributed by atoms with van der Waals surface area (Å²) < 4.78 is 27.6. The first-order valence-electron chi connectivity index (χ1n) is 8.12. The van der Waals surface area contributed by atoms with Crippen LogP contribution in [-0.2, 0) is 16.4 Å². The summed E-state index contributed by atoms with van der Waals surface area (Å²) in [6.07, 6.45) is 4.52. The van der Waals surface area contributed by atoms with Gasteiger partial charge in [0.25, 0.3) is 10.0 Å². The van der Waals surface area contributed by atoms with Gasteiger partial charge in [-0.25, -0.2) is 13.2 Å². The SMILES string of the molecule is CCCNC(=O)N1CCc2cc(S(=O)(=O)Nc3cccnc3)ccc21. The number of anilines is 2. The Hall–Kier alpha value is -2.61. The summed E-state index contributed by atoms with van der Waals surface area (Å²) in [7, 11) is -3.70. The molecule has 0 fully saturated rings. The van der Waals surface area contributed by atoms with Crippen LogP contribution in [0, 0.1) is 0 Å². The van der Waals surface area contributed by atoms with Gasteiger partial charge >= 0.3 is 6.03 Å². The van der Waals surface area contributed by atoms with Crippen molar-refractivity contribution in [1.82, 2.24) is 10.3 Å². The third kappa shape index (κ3) is 3.74. The number of benzene rings is 1. The average Bonchev–Trinajstić information content (AvgIpc) is 3.03. The number of sulfonamides is 1. The topological polar surface area (TPSA) is 91.4 Å². The Morgan fingerprint density at radius 3 is 2.88 bits per heavy atom. The van der Waals surface area contributed by atoms with Gasteiger partial charge in [0.05, 0.1) is 16.8 Å². The molecule has 132 valence electrons. The van der Waals surface area contributed by atoms with E-state index in [1.54, 1.807) is 35.4 Å². The summed E-state index contributed by atoms with van der Waals surface area (Å²) in [5, 5.41) is 2.84. The standard InChI is InChI=1S/C17H20N4O3S/c1-2-8-19-17(22)21-10-7-13-11-15(5-6-16(13)21)25(23,24)20-14-4-3-9-18-12-14/h3-6,9,11-12,20H,2,7-8,10H2,1H3,(H,19,22). The van der Waals surface area contributed by atoms with Crippen LogP contribution < -0.4 is 14.9 Å². The first-order chi connectivity index (χ1) is 12.0. The van der Waals surface area contributed by atoms with Gasteiger partial charge in [-0.3, -0.25) is 14.6 Å². The van der Waals surface area contributed by atoms with Crippen molar-refractivity contribution in [1.29, 1.82) is 0 Å².